The molecule has 0 radical (unpaired) electrons. The molecule has 6 rings (SSSR count). The summed E-state index contributed by atoms with van der Waals surface area (Å²) < 4.78 is 39.1. The summed E-state index contributed by atoms with van der Waals surface area (Å²) in [5, 5.41) is 15.3. The minimum absolute atomic E-state index is 0.0448. The van der Waals surface area contributed by atoms with Gasteiger partial charge in [0.25, 0.3) is 11.8 Å². The Morgan fingerprint density at radius 2 is 1.60 bits per heavy atom. The van der Waals surface area contributed by atoms with Crippen LogP contribution in [0.25, 0.3) is 11.0 Å². The predicted molar refractivity (Wildman–Crippen MR) is 197 cm³/mol. The summed E-state index contributed by atoms with van der Waals surface area (Å²) in [7, 11) is -2.15. The van der Waals surface area contributed by atoms with Crippen LogP contribution in [0.5, 0.6) is 5.88 Å². The van der Waals surface area contributed by atoms with E-state index in [0.717, 1.165) is 49.0 Å². The summed E-state index contributed by atoms with van der Waals surface area (Å²) in [5.74, 6) is -2.72. The zero-order valence-electron chi connectivity index (χ0n) is 30.6. The number of fused-ring (bicyclic) bond motifs is 1. The van der Waals surface area contributed by atoms with E-state index in [9.17, 15) is 32.7 Å². The highest BCUT2D eigenvalue weighted by Gasteiger charge is 2.60. The molecule has 0 bridgehead atoms. The van der Waals surface area contributed by atoms with Crippen LogP contribution in [0.15, 0.2) is 24.4 Å². The summed E-state index contributed by atoms with van der Waals surface area (Å²) >= 11 is 0. The van der Waals surface area contributed by atoms with Crippen LogP contribution in [0.3, 0.4) is 0 Å². The van der Waals surface area contributed by atoms with Crippen molar-refractivity contribution < 1.29 is 42.2 Å². The molecule has 2 heterocycles. The highest BCUT2D eigenvalue weighted by atomic mass is 32.2. The van der Waals surface area contributed by atoms with Crippen molar-refractivity contribution in [2.24, 2.45) is 0 Å². The first-order valence-corrected chi connectivity index (χ1v) is 20.6. The summed E-state index contributed by atoms with van der Waals surface area (Å²) in [4.78, 5) is 64.0. The Hall–Kier alpha value is -3.99. The van der Waals surface area contributed by atoms with Gasteiger partial charge in [0.05, 0.1) is 29.0 Å². The topological polar surface area (TPSA) is 206 Å². The maximum atomic E-state index is 13.9. The van der Waals surface area contributed by atoms with Gasteiger partial charge in [0.2, 0.25) is 28.0 Å². The van der Waals surface area contributed by atoms with Crippen LogP contribution >= 0.6 is 0 Å². The van der Waals surface area contributed by atoms with E-state index >= 15 is 0 Å². The third-order valence-electron chi connectivity index (χ3n) is 10.9. The van der Waals surface area contributed by atoms with Crippen LogP contribution in [-0.4, -0.2) is 102 Å². The Kier molecular flexibility index (Phi) is 12.1. The first-order chi connectivity index (χ1) is 25.3. The summed E-state index contributed by atoms with van der Waals surface area (Å²) in [6, 6.07) is 4.36. The van der Waals surface area contributed by atoms with Crippen LogP contribution in [0.1, 0.15) is 102 Å². The van der Waals surface area contributed by atoms with Gasteiger partial charge in [-0.25, -0.2) is 23.2 Å². The highest BCUT2D eigenvalue weighted by Crippen LogP contribution is 2.47. The zero-order chi connectivity index (χ0) is 37.8. The molecule has 5 atom stereocenters. The van der Waals surface area contributed by atoms with E-state index in [1.54, 1.807) is 7.85 Å². The van der Waals surface area contributed by atoms with Crippen LogP contribution in [-0.2, 0) is 29.1 Å². The number of amides is 4. The standard InChI is InChI=1S/C36H51BN6O9S/c1-22-13-16-26-27(17-22)39-30(20-38-26)51-24-18-28(31(44)41-36(19-29(36)37)34(47)42-53(49,50)25-14-15-25)43(21-24)33(46)32(45)40-35(48)52-23-11-9-7-5-3-2-4-6-8-10-12-23/h13,16-17,20,23-25,28-29,32,45H,2-12,14-15,18-19,21,37H2,1H3,(H,40,48)(H,41,44)(H,42,47). The Bertz CT molecular complexity index is 1780. The minimum Gasteiger partial charge on any atom is -0.471 e. The van der Waals surface area contributed by atoms with Crippen molar-refractivity contribution in [3.8, 4) is 5.88 Å². The number of aryl methyl sites for hydroxylation is 1. The minimum atomic E-state index is -3.87. The molecule has 5 unspecified atom stereocenters. The van der Waals surface area contributed by atoms with Gasteiger partial charge in [-0.2, -0.15) is 0 Å². The molecule has 2 aromatic rings. The maximum Gasteiger partial charge on any atom is 0.409 e. The predicted octanol–water partition coefficient (Wildman–Crippen LogP) is 2.29. The summed E-state index contributed by atoms with van der Waals surface area (Å²) in [6.45, 7) is 1.76. The smallest absolute Gasteiger partial charge is 0.409 e. The third-order valence-corrected chi connectivity index (χ3v) is 12.7. The number of likely N-dealkylation sites (tertiary alicyclic amines) is 1. The zero-order valence-corrected chi connectivity index (χ0v) is 31.4. The molecule has 1 aromatic carbocycles. The number of benzene rings is 1. The molecule has 4 amide bonds. The molecule has 4 aliphatic rings. The number of nitrogens with zero attached hydrogens (tertiary/aromatic N) is 3. The van der Waals surface area contributed by atoms with E-state index in [1.165, 1.54) is 25.5 Å². The maximum absolute atomic E-state index is 13.9. The van der Waals surface area contributed by atoms with E-state index in [4.69, 9.17) is 9.47 Å². The molecule has 1 aliphatic heterocycles. The number of alkyl carbamates (subject to hydrolysis) is 1. The molecule has 15 nitrogen and oxygen atoms in total. The highest BCUT2D eigenvalue weighted by molar-refractivity contribution is 7.91. The number of sulfonamides is 1. The van der Waals surface area contributed by atoms with E-state index < -0.39 is 63.0 Å². The van der Waals surface area contributed by atoms with Crippen molar-refractivity contribution in [1.29, 1.82) is 0 Å². The van der Waals surface area contributed by atoms with E-state index in [2.05, 4.69) is 25.3 Å². The van der Waals surface area contributed by atoms with Crippen molar-refractivity contribution in [1.82, 2.24) is 30.2 Å². The van der Waals surface area contributed by atoms with Gasteiger partial charge in [-0.05, 0) is 75.4 Å². The van der Waals surface area contributed by atoms with Gasteiger partial charge in [0, 0.05) is 6.42 Å². The van der Waals surface area contributed by atoms with Gasteiger partial charge in [-0.1, -0.05) is 51.0 Å². The first kappa shape index (κ1) is 38.7. The number of aliphatic hydroxyl groups excluding tert-OH is 1. The molecule has 3 saturated carbocycles. The number of rotatable bonds is 10. The molecule has 53 heavy (non-hydrogen) atoms. The fourth-order valence-electron chi connectivity index (χ4n) is 7.42. The van der Waals surface area contributed by atoms with Gasteiger partial charge in [-0.15, -0.1) is 0 Å². The molecular formula is C36H51BN6O9S. The van der Waals surface area contributed by atoms with E-state index in [0.29, 0.717) is 36.7 Å². The van der Waals surface area contributed by atoms with Crippen LogP contribution in [0, 0.1) is 6.92 Å². The van der Waals surface area contributed by atoms with Crippen molar-refractivity contribution in [3.05, 3.63) is 30.0 Å². The summed E-state index contributed by atoms with van der Waals surface area (Å²) in [6.07, 6.45) is 9.66. The SMILES string of the molecule is BC1CC1(NC(=O)C1CC(Oc2cnc3ccc(C)cc3n2)CN1C(=O)C(O)NC(=O)OC1CCCCCCCCCCC1)C(=O)NS(=O)(=O)C1CC1. The van der Waals surface area contributed by atoms with Crippen molar-refractivity contribution in [2.75, 3.05) is 6.54 Å². The lowest BCUT2D eigenvalue weighted by Gasteiger charge is -2.28. The molecule has 0 spiro atoms. The average Bonchev–Trinajstić information content (AvgIpc) is 4.02. The number of hydrogen-bond donors (Lipinski definition) is 4. The van der Waals surface area contributed by atoms with Gasteiger partial charge in [0.15, 0.2) is 0 Å². The molecule has 4 fully saturated rings. The van der Waals surface area contributed by atoms with Crippen LogP contribution in [0.2, 0.25) is 5.82 Å². The molecule has 1 aromatic heterocycles. The van der Waals surface area contributed by atoms with Crippen LogP contribution in [0.4, 0.5) is 4.79 Å². The van der Waals surface area contributed by atoms with E-state index in [-0.39, 0.29) is 37.2 Å². The summed E-state index contributed by atoms with van der Waals surface area (Å²) in [5.41, 5.74) is 0.746. The Morgan fingerprint density at radius 1 is 0.962 bits per heavy atom. The van der Waals surface area contributed by atoms with Gasteiger partial charge in [-0.3, -0.25) is 24.4 Å². The monoisotopic (exact) mass is 754 g/mol. The molecular weight excluding hydrogens is 703 g/mol. The molecule has 1 saturated heterocycles. The van der Waals surface area contributed by atoms with Crippen molar-refractivity contribution in [2.45, 2.75) is 144 Å². The quantitative estimate of drug-likeness (QED) is 0.205. The van der Waals surface area contributed by atoms with Crippen LogP contribution < -0.4 is 20.1 Å². The number of carbonyl (C=O) groups is 4. The Labute approximate surface area is 311 Å². The second-order valence-corrected chi connectivity index (χ2v) is 17.2. The second-order valence-electron chi connectivity index (χ2n) is 15.3. The number of aliphatic hydroxyl groups is 1. The van der Waals surface area contributed by atoms with Crippen molar-refractivity contribution in [3.63, 3.8) is 0 Å². The lowest BCUT2D eigenvalue weighted by atomic mass is 9.96. The molecule has 17 heteroatoms. The molecule has 4 N–H and O–H groups in total. The second kappa shape index (κ2) is 16.6. The molecule has 288 valence electrons. The fraction of sp³-hybridized carbons (Fsp3) is 0.667. The molecule has 3 aliphatic carbocycles. The number of nitrogens with one attached hydrogen (secondary N) is 3. The third kappa shape index (κ3) is 9.77. The Morgan fingerprint density at radius 3 is 2.23 bits per heavy atom. The van der Waals surface area contributed by atoms with Gasteiger partial charge in [0.1, 0.15) is 31.6 Å². The largest absolute Gasteiger partial charge is 0.471 e. The lowest BCUT2D eigenvalue weighted by Crippen LogP contribution is -2.58. The number of hydrogen-bond acceptors (Lipinski definition) is 11. The number of aromatic nitrogens is 2. The number of carbonyl (C=O) groups excluding carboxylic acids is 4. The fourth-order valence-corrected chi connectivity index (χ4v) is 8.79. The lowest BCUT2D eigenvalue weighted by molar-refractivity contribution is -0.147. The first-order valence-electron chi connectivity index (χ1n) is 19.1. The average molecular weight is 755 g/mol. The Balaban J connectivity index is 1.14. The van der Waals surface area contributed by atoms with Gasteiger partial charge < -0.3 is 24.8 Å². The normalized spacial score (nSPS) is 26.4. The van der Waals surface area contributed by atoms with Gasteiger partial charge >= 0.3 is 6.09 Å². The van der Waals surface area contributed by atoms with Crippen molar-refractivity contribution >= 4 is 52.7 Å². The van der Waals surface area contributed by atoms with E-state index in [1.807, 2.05) is 25.1 Å². The number of ether oxygens (including phenoxy) is 2.